The van der Waals surface area contributed by atoms with Gasteiger partial charge in [-0.1, -0.05) is 20.8 Å². The fourth-order valence-electron chi connectivity index (χ4n) is 0.483. The molecule has 0 heterocycles. The van der Waals surface area contributed by atoms with E-state index in [4.69, 9.17) is 7.17 Å². The molecule has 0 saturated carbocycles. The molecule has 0 spiro atoms. The highest BCUT2D eigenvalue weighted by Crippen LogP contribution is 2.36. The largest absolute Gasteiger partial charge is 0.464 e. The van der Waals surface area contributed by atoms with E-state index in [1.54, 1.807) is 6.92 Å². The normalized spacial score (nSPS) is 15.9. The Morgan fingerprint density at radius 3 is 2.29 bits per heavy atom. The SMILES string of the molecule is [2H]C([2H])(O[Si](C)(C)C(C)(C)C)C(=O)OCC. The molecule has 0 rings (SSSR count). The van der Waals surface area contributed by atoms with Gasteiger partial charge in [-0.15, -0.1) is 0 Å². The van der Waals surface area contributed by atoms with Gasteiger partial charge in [-0.3, -0.25) is 0 Å². The Bertz CT molecular complexity index is 259. The molecule has 0 atom stereocenters. The first-order chi connectivity index (χ1) is 6.94. The van der Waals surface area contributed by atoms with Gasteiger partial charge in [0.25, 0.3) is 0 Å². The van der Waals surface area contributed by atoms with E-state index in [0.29, 0.717) is 0 Å². The minimum Gasteiger partial charge on any atom is -0.464 e. The van der Waals surface area contributed by atoms with Crippen LogP contribution in [0, 0.1) is 0 Å². The van der Waals surface area contributed by atoms with E-state index in [2.05, 4.69) is 4.74 Å². The monoisotopic (exact) mass is 220 g/mol. The maximum atomic E-state index is 11.4. The average molecular weight is 220 g/mol. The number of ether oxygens (including phenoxy) is 1. The first-order valence-electron chi connectivity index (χ1n) is 5.81. The van der Waals surface area contributed by atoms with Crippen LogP contribution in [0.15, 0.2) is 0 Å². The van der Waals surface area contributed by atoms with E-state index < -0.39 is 20.8 Å². The molecule has 0 radical (unpaired) electrons. The average Bonchev–Trinajstić information content (AvgIpc) is 2.00. The quantitative estimate of drug-likeness (QED) is 0.539. The van der Waals surface area contributed by atoms with Gasteiger partial charge in [0.1, 0.15) is 6.56 Å². The van der Waals surface area contributed by atoms with Gasteiger partial charge in [0.05, 0.1) is 9.35 Å². The summed E-state index contributed by atoms with van der Waals surface area (Å²) in [5.74, 6) is -0.945. The lowest BCUT2D eigenvalue weighted by molar-refractivity contribution is -0.145. The summed E-state index contributed by atoms with van der Waals surface area (Å²) in [6.45, 7) is 9.19. The van der Waals surface area contributed by atoms with E-state index in [9.17, 15) is 4.79 Å². The summed E-state index contributed by atoms with van der Waals surface area (Å²) in [5.41, 5.74) is 0. The van der Waals surface area contributed by atoms with Gasteiger partial charge < -0.3 is 9.16 Å². The van der Waals surface area contributed by atoms with Crippen molar-refractivity contribution < 1.29 is 16.7 Å². The molecule has 0 unspecified atom stereocenters. The van der Waals surface area contributed by atoms with Crippen LogP contribution in [-0.2, 0) is 14.0 Å². The maximum absolute atomic E-state index is 11.4. The molecule has 0 aromatic carbocycles. The van der Waals surface area contributed by atoms with Crippen LogP contribution in [0.2, 0.25) is 18.1 Å². The van der Waals surface area contributed by atoms with Gasteiger partial charge >= 0.3 is 5.97 Å². The summed E-state index contributed by atoms with van der Waals surface area (Å²) in [6, 6.07) is 0. The Labute approximate surface area is 90.7 Å². The summed E-state index contributed by atoms with van der Waals surface area (Å²) < 4.78 is 25.2. The standard InChI is InChI=1S/C10H22O3Si/c1-7-12-9(11)8-13-14(5,6)10(2,3)4/h7-8H2,1-6H3/i8D2. The van der Waals surface area contributed by atoms with Crippen LogP contribution < -0.4 is 0 Å². The number of esters is 1. The van der Waals surface area contributed by atoms with Crippen molar-refractivity contribution in [1.29, 1.82) is 0 Å². The molecule has 0 N–H and O–H groups in total. The molecule has 84 valence electrons. The Hall–Kier alpha value is -0.353. The highest BCUT2D eigenvalue weighted by molar-refractivity contribution is 6.74. The van der Waals surface area contributed by atoms with Crippen molar-refractivity contribution in [3.8, 4) is 0 Å². The highest BCUT2D eigenvalue weighted by atomic mass is 28.4. The van der Waals surface area contributed by atoms with Crippen LogP contribution in [-0.4, -0.2) is 27.5 Å². The van der Waals surface area contributed by atoms with Gasteiger partial charge in [-0.05, 0) is 25.1 Å². The van der Waals surface area contributed by atoms with Gasteiger partial charge in [0, 0.05) is 0 Å². The Balaban J connectivity index is 4.77. The predicted octanol–water partition coefficient (Wildman–Crippen LogP) is 2.57. The van der Waals surface area contributed by atoms with Crippen LogP contribution in [0.3, 0.4) is 0 Å². The summed E-state index contributed by atoms with van der Waals surface area (Å²) in [6.07, 6.45) is 0. The lowest BCUT2D eigenvalue weighted by atomic mass is 10.2. The van der Waals surface area contributed by atoms with Crippen molar-refractivity contribution in [3.05, 3.63) is 0 Å². The molecule has 3 nitrogen and oxygen atoms in total. The third kappa shape index (κ3) is 4.24. The number of rotatable bonds is 4. The summed E-state index contributed by atoms with van der Waals surface area (Å²) >= 11 is 0. The van der Waals surface area contributed by atoms with Crippen molar-refractivity contribution in [2.45, 2.75) is 45.8 Å². The molecular weight excluding hydrogens is 196 g/mol. The molecule has 14 heavy (non-hydrogen) atoms. The molecule has 0 aliphatic heterocycles. The van der Waals surface area contributed by atoms with Crippen molar-refractivity contribution in [3.63, 3.8) is 0 Å². The molecule has 0 amide bonds. The van der Waals surface area contributed by atoms with Crippen molar-refractivity contribution in [2.24, 2.45) is 0 Å². The number of hydrogen-bond donors (Lipinski definition) is 0. The third-order valence-corrected chi connectivity index (χ3v) is 6.70. The second-order valence-corrected chi connectivity index (χ2v) is 9.41. The fourth-order valence-corrected chi connectivity index (χ4v) is 1.13. The molecule has 0 fully saturated rings. The summed E-state index contributed by atoms with van der Waals surface area (Å²) in [5, 5.41) is -0.146. The maximum Gasteiger partial charge on any atom is 0.330 e. The van der Waals surface area contributed by atoms with Crippen LogP contribution in [0.5, 0.6) is 0 Å². The lowest BCUT2D eigenvalue weighted by Crippen LogP contribution is -2.42. The van der Waals surface area contributed by atoms with Crippen LogP contribution >= 0.6 is 0 Å². The molecule has 0 bridgehead atoms. The minimum absolute atomic E-state index is 0.146. The van der Waals surface area contributed by atoms with E-state index >= 15 is 0 Å². The number of carbonyl (C=O) groups is 1. The van der Waals surface area contributed by atoms with Crippen LogP contribution in [0.1, 0.15) is 30.4 Å². The summed E-state index contributed by atoms with van der Waals surface area (Å²) in [4.78, 5) is 11.4. The van der Waals surface area contributed by atoms with E-state index in [-0.39, 0.29) is 11.6 Å². The van der Waals surface area contributed by atoms with Crippen LogP contribution in [0.25, 0.3) is 0 Å². The zero-order chi connectivity index (χ0) is 13.2. The van der Waals surface area contributed by atoms with Gasteiger partial charge in [0.2, 0.25) is 0 Å². The second-order valence-electron chi connectivity index (χ2n) is 4.68. The Morgan fingerprint density at radius 1 is 1.43 bits per heavy atom. The van der Waals surface area contributed by atoms with Gasteiger partial charge in [-0.25, -0.2) is 4.79 Å². The van der Waals surface area contributed by atoms with Crippen molar-refractivity contribution in [2.75, 3.05) is 13.2 Å². The fraction of sp³-hybridized carbons (Fsp3) is 0.900. The molecule has 4 heteroatoms. The Morgan fingerprint density at radius 2 is 1.93 bits per heavy atom. The molecule has 0 saturated heterocycles. The lowest BCUT2D eigenvalue weighted by Gasteiger charge is -2.35. The third-order valence-electron chi connectivity index (χ3n) is 2.47. The topological polar surface area (TPSA) is 35.5 Å². The van der Waals surface area contributed by atoms with Crippen molar-refractivity contribution >= 4 is 14.3 Å². The second kappa shape index (κ2) is 4.93. The van der Waals surface area contributed by atoms with Crippen LogP contribution in [0.4, 0.5) is 0 Å². The zero-order valence-corrected chi connectivity index (χ0v) is 10.9. The van der Waals surface area contributed by atoms with Gasteiger partial charge in [0.15, 0.2) is 8.32 Å². The van der Waals surface area contributed by atoms with E-state index in [0.717, 1.165) is 0 Å². The number of carbonyl (C=O) groups excluding carboxylic acids is 1. The van der Waals surface area contributed by atoms with Crippen molar-refractivity contribution in [1.82, 2.24) is 0 Å². The number of hydrogen-bond acceptors (Lipinski definition) is 3. The molecule has 0 aromatic rings. The predicted molar refractivity (Wildman–Crippen MR) is 59.8 cm³/mol. The molecular formula is C10H22O3Si. The first-order valence-corrected chi connectivity index (χ1v) is 7.72. The molecule has 0 aliphatic carbocycles. The van der Waals surface area contributed by atoms with Gasteiger partial charge in [-0.2, -0.15) is 0 Å². The molecule has 0 aromatic heterocycles. The Kier molecular flexibility index (Phi) is 3.59. The zero-order valence-electron chi connectivity index (χ0n) is 11.9. The van der Waals surface area contributed by atoms with E-state index in [1.165, 1.54) is 0 Å². The highest BCUT2D eigenvalue weighted by Gasteiger charge is 2.37. The first kappa shape index (κ1) is 10.2. The minimum atomic E-state index is -2.35. The molecule has 0 aliphatic rings. The van der Waals surface area contributed by atoms with E-state index in [1.807, 2.05) is 33.9 Å². The summed E-state index contributed by atoms with van der Waals surface area (Å²) in [7, 11) is -2.31. The smallest absolute Gasteiger partial charge is 0.330 e.